The average Bonchev–Trinajstić information content (AvgIpc) is 2.50. The van der Waals surface area contributed by atoms with Crippen LogP contribution in [-0.4, -0.2) is 36.5 Å². The summed E-state index contributed by atoms with van der Waals surface area (Å²) < 4.78 is 0. The van der Waals surface area contributed by atoms with Crippen molar-refractivity contribution in [3.8, 4) is 0 Å². The van der Waals surface area contributed by atoms with Gasteiger partial charge in [-0.05, 0) is 44.1 Å². The molecular weight excluding hydrogens is 212 g/mol. The summed E-state index contributed by atoms with van der Waals surface area (Å²) in [5.74, 6) is 0.349. The number of hydrogen-bond donors (Lipinski definition) is 1. The smallest absolute Gasteiger partial charge is 0.239 e. The van der Waals surface area contributed by atoms with E-state index in [1.54, 1.807) is 0 Å². The van der Waals surface area contributed by atoms with E-state index in [0.717, 1.165) is 38.9 Å². The maximum Gasteiger partial charge on any atom is 0.239 e. The Bertz CT molecular complexity index is 269. The van der Waals surface area contributed by atoms with E-state index in [4.69, 9.17) is 0 Å². The Morgan fingerprint density at radius 1 is 1.18 bits per heavy atom. The molecule has 0 bridgehead atoms. The Morgan fingerprint density at radius 3 is 2.71 bits per heavy atom. The minimum Gasteiger partial charge on any atom is -0.341 e. The second-order valence-corrected chi connectivity index (χ2v) is 6.35. The third kappa shape index (κ3) is 3.44. The molecular formula is C14H26N2O. The summed E-state index contributed by atoms with van der Waals surface area (Å²) in [6, 6.07) is 0.102. The van der Waals surface area contributed by atoms with Crippen molar-refractivity contribution in [1.82, 2.24) is 10.2 Å². The van der Waals surface area contributed by atoms with Gasteiger partial charge in [0.1, 0.15) is 0 Å². The highest BCUT2D eigenvalue weighted by atomic mass is 16.2. The van der Waals surface area contributed by atoms with Crippen molar-refractivity contribution < 1.29 is 4.79 Å². The first-order chi connectivity index (χ1) is 8.08. The lowest BCUT2D eigenvalue weighted by molar-refractivity contribution is -0.134. The van der Waals surface area contributed by atoms with E-state index in [2.05, 4.69) is 24.1 Å². The van der Waals surface area contributed by atoms with E-state index < -0.39 is 0 Å². The maximum atomic E-state index is 12.4. The number of carbonyl (C=O) groups is 1. The fraction of sp³-hybridized carbons (Fsp3) is 0.929. The Labute approximate surface area is 105 Å². The van der Waals surface area contributed by atoms with Crippen LogP contribution in [-0.2, 0) is 4.79 Å². The van der Waals surface area contributed by atoms with Crippen LogP contribution >= 0.6 is 0 Å². The Morgan fingerprint density at radius 2 is 2.00 bits per heavy atom. The lowest BCUT2D eigenvalue weighted by Crippen LogP contribution is -2.48. The molecule has 0 saturated carbocycles. The standard InChI is InChI=1S/C14H26N2O/c1-14(2)7-5-10-16(11-8-14)13(17)12-6-3-4-9-15-12/h12,15H,3-11H2,1-2H3/t12-/m1/s1. The second kappa shape index (κ2) is 5.38. The molecule has 1 amide bonds. The van der Waals surface area contributed by atoms with Gasteiger partial charge in [0.05, 0.1) is 6.04 Å². The molecule has 0 aliphatic carbocycles. The van der Waals surface area contributed by atoms with Crippen molar-refractivity contribution in [3.63, 3.8) is 0 Å². The highest BCUT2D eigenvalue weighted by Gasteiger charge is 2.29. The molecule has 0 aromatic heterocycles. The molecule has 17 heavy (non-hydrogen) atoms. The molecule has 2 saturated heterocycles. The zero-order valence-electron chi connectivity index (χ0n) is 11.3. The summed E-state index contributed by atoms with van der Waals surface area (Å²) >= 11 is 0. The molecule has 0 unspecified atom stereocenters. The van der Waals surface area contributed by atoms with Gasteiger partial charge in [-0.3, -0.25) is 4.79 Å². The number of nitrogens with zero attached hydrogens (tertiary/aromatic N) is 1. The van der Waals surface area contributed by atoms with E-state index in [0.29, 0.717) is 11.3 Å². The molecule has 1 N–H and O–H groups in total. The van der Waals surface area contributed by atoms with Gasteiger partial charge in [-0.15, -0.1) is 0 Å². The van der Waals surface area contributed by atoms with Crippen LogP contribution in [0.25, 0.3) is 0 Å². The van der Waals surface area contributed by atoms with Crippen molar-refractivity contribution in [2.75, 3.05) is 19.6 Å². The Kier molecular flexibility index (Phi) is 4.08. The zero-order valence-corrected chi connectivity index (χ0v) is 11.3. The topological polar surface area (TPSA) is 32.3 Å². The third-order valence-electron chi connectivity index (χ3n) is 4.26. The summed E-state index contributed by atoms with van der Waals surface area (Å²) in [4.78, 5) is 14.5. The number of hydrogen-bond acceptors (Lipinski definition) is 2. The van der Waals surface area contributed by atoms with Gasteiger partial charge in [-0.1, -0.05) is 20.3 Å². The fourth-order valence-electron chi connectivity index (χ4n) is 2.93. The van der Waals surface area contributed by atoms with Crippen LogP contribution in [0.5, 0.6) is 0 Å². The molecule has 1 atom stereocenters. The van der Waals surface area contributed by atoms with E-state index in [9.17, 15) is 4.79 Å². The number of rotatable bonds is 1. The molecule has 2 aliphatic heterocycles. The Balaban J connectivity index is 1.90. The van der Waals surface area contributed by atoms with Crippen molar-refractivity contribution in [3.05, 3.63) is 0 Å². The SMILES string of the molecule is CC1(C)CCCN(C(=O)[C@H]2CCCCN2)CC1. The van der Waals surface area contributed by atoms with Crippen LogP contribution in [0.15, 0.2) is 0 Å². The van der Waals surface area contributed by atoms with Crippen molar-refractivity contribution in [1.29, 1.82) is 0 Å². The summed E-state index contributed by atoms with van der Waals surface area (Å²) in [7, 11) is 0. The van der Waals surface area contributed by atoms with Gasteiger partial charge in [-0.2, -0.15) is 0 Å². The van der Waals surface area contributed by atoms with Gasteiger partial charge >= 0.3 is 0 Å². The highest BCUT2D eigenvalue weighted by Crippen LogP contribution is 2.30. The first-order valence-corrected chi connectivity index (χ1v) is 7.11. The number of piperidine rings is 1. The molecule has 2 heterocycles. The van der Waals surface area contributed by atoms with E-state index in [1.165, 1.54) is 19.3 Å². The van der Waals surface area contributed by atoms with Gasteiger partial charge in [0.25, 0.3) is 0 Å². The molecule has 0 aromatic rings. The largest absolute Gasteiger partial charge is 0.341 e. The number of likely N-dealkylation sites (tertiary alicyclic amines) is 1. The fourth-order valence-corrected chi connectivity index (χ4v) is 2.93. The number of nitrogens with one attached hydrogen (secondary N) is 1. The van der Waals surface area contributed by atoms with Gasteiger partial charge in [0.15, 0.2) is 0 Å². The summed E-state index contributed by atoms with van der Waals surface area (Å²) in [6.07, 6.45) is 6.99. The summed E-state index contributed by atoms with van der Waals surface area (Å²) in [6.45, 7) is 7.56. The van der Waals surface area contributed by atoms with Crippen LogP contribution in [0.3, 0.4) is 0 Å². The lowest BCUT2D eigenvalue weighted by atomic mass is 9.85. The maximum absolute atomic E-state index is 12.4. The molecule has 0 aromatic carbocycles. The first kappa shape index (κ1) is 12.9. The lowest BCUT2D eigenvalue weighted by Gasteiger charge is -2.29. The van der Waals surface area contributed by atoms with Gasteiger partial charge in [-0.25, -0.2) is 0 Å². The predicted octanol–water partition coefficient (Wildman–Crippen LogP) is 2.17. The van der Waals surface area contributed by atoms with Crippen LogP contribution in [0.1, 0.15) is 52.4 Å². The van der Waals surface area contributed by atoms with E-state index in [-0.39, 0.29) is 6.04 Å². The third-order valence-corrected chi connectivity index (χ3v) is 4.26. The summed E-state index contributed by atoms with van der Waals surface area (Å²) in [5, 5.41) is 3.37. The quantitative estimate of drug-likeness (QED) is 0.759. The van der Waals surface area contributed by atoms with Crippen LogP contribution in [0.4, 0.5) is 0 Å². The predicted molar refractivity (Wildman–Crippen MR) is 69.9 cm³/mol. The molecule has 98 valence electrons. The van der Waals surface area contributed by atoms with Crippen LogP contribution in [0, 0.1) is 5.41 Å². The molecule has 0 radical (unpaired) electrons. The summed E-state index contributed by atoms with van der Waals surface area (Å²) in [5.41, 5.74) is 0.412. The van der Waals surface area contributed by atoms with Crippen LogP contribution < -0.4 is 5.32 Å². The average molecular weight is 238 g/mol. The minimum atomic E-state index is 0.102. The molecule has 2 fully saturated rings. The first-order valence-electron chi connectivity index (χ1n) is 7.11. The van der Waals surface area contributed by atoms with Crippen molar-refractivity contribution >= 4 is 5.91 Å². The molecule has 3 heteroatoms. The molecule has 2 rings (SSSR count). The van der Waals surface area contributed by atoms with Gasteiger partial charge in [0, 0.05) is 13.1 Å². The molecule has 2 aliphatic rings. The van der Waals surface area contributed by atoms with Gasteiger partial charge < -0.3 is 10.2 Å². The normalized spacial score (nSPS) is 29.8. The molecule has 3 nitrogen and oxygen atoms in total. The van der Waals surface area contributed by atoms with Gasteiger partial charge in [0.2, 0.25) is 5.91 Å². The zero-order chi connectivity index (χ0) is 12.3. The number of carbonyl (C=O) groups excluding carboxylic acids is 1. The second-order valence-electron chi connectivity index (χ2n) is 6.35. The van der Waals surface area contributed by atoms with E-state index >= 15 is 0 Å². The van der Waals surface area contributed by atoms with E-state index in [1.807, 2.05) is 0 Å². The minimum absolute atomic E-state index is 0.102. The van der Waals surface area contributed by atoms with Crippen molar-refractivity contribution in [2.24, 2.45) is 5.41 Å². The van der Waals surface area contributed by atoms with Crippen LogP contribution in [0.2, 0.25) is 0 Å². The number of amides is 1. The van der Waals surface area contributed by atoms with Crippen molar-refractivity contribution in [2.45, 2.75) is 58.4 Å². The molecule has 0 spiro atoms. The monoisotopic (exact) mass is 238 g/mol. The Hall–Kier alpha value is -0.570. The highest BCUT2D eigenvalue weighted by molar-refractivity contribution is 5.82.